The molecule has 1 fully saturated rings. The molecule has 1 aliphatic heterocycles. The summed E-state index contributed by atoms with van der Waals surface area (Å²) in [7, 11) is 0. The highest BCUT2D eigenvalue weighted by Crippen LogP contribution is 2.31. The van der Waals surface area contributed by atoms with Gasteiger partial charge in [-0.25, -0.2) is 0 Å². The van der Waals surface area contributed by atoms with E-state index in [1.807, 2.05) is 30.3 Å². The minimum absolute atomic E-state index is 0.0164. The summed E-state index contributed by atoms with van der Waals surface area (Å²) in [4.78, 5) is 25.5. The van der Waals surface area contributed by atoms with E-state index in [1.165, 1.54) is 16.7 Å². The van der Waals surface area contributed by atoms with Crippen LogP contribution < -0.4 is 0 Å². The van der Waals surface area contributed by atoms with Crippen LogP contribution in [0.5, 0.6) is 0 Å². The predicted molar refractivity (Wildman–Crippen MR) is 99.6 cm³/mol. The molecule has 0 bridgehead atoms. The molecule has 0 spiro atoms. The summed E-state index contributed by atoms with van der Waals surface area (Å²) >= 11 is 11.7. The van der Waals surface area contributed by atoms with Crippen molar-refractivity contribution in [1.29, 1.82) is 0 Å². The lowest BCUT2D eigenvalue weighted by molar-refractivity contribution is -0.137. The lowest BCUT2D eigenvalue weighted by Gasteiger charge is -2.13. The largest absolute Gasteiger partial charge is 0.481 e. The van der Waals surface area contributed by atoms with E-state index in [4.69, 9.17) is 29.5 Å². The molecule has 0 radical (unpaired) electrons. The van der Waals surface area contributed by atoms with Crippen molar-refractivity contribution in [3.63, 3.8) is 0 Å². The van der Waals surface area contributed by atoms with Crippen LogP contribution in [0, 0.1) is 0 Å². The molecule has 1 amide bonds. The Balaban J connectivity index is 1.97. The molecule has 2 rings (SSSR count). The highest BCUT2D eigenvalue weighted by atomic mass is 32.2. The molecule has 4 nitrogen and oxygen atoms in total. The third-order valence-electron chi connectivity index (χ3n) is 3.16. The first-order valence-corrected chi connectivity index (χ1v) is 8.64. The van der Waals surface area contributed by atoms with Crippen LogP contribution in [0.2, 0.25) is 0 Å². The fraction of sp³-hybridized carbons (Fsp3) is 0.250. The van der Waals surface area contributed by atoms with Gasteiger partial charge in [-0.2, -0.15) is 0 Å². The number of rotatable bonds is 7. The fourth-order valence-corrected chi connectivity index (χ4v) is 3.75. The molecule has 1 aromatic carbocycles. The van der Waals surface area contributed by atoms with Crippen molar-refractivity contribution in [3.05, 3.63) is 46.9 Å². The van der Waals surface area contributed by atoms with Gasteiger partial charge in [-0.05, 0) is 18.1 Å². The normalized spacial score (nSPS) is 16.2. The van der Waals surface area contributed by atoms with E-state index in [0.717, 1.165) is 5.56 Å². The van der Waals surface area contributed by atoms with Gasteiger partial charge in [0.05, 0.1) is 4.91 Å². The zero-order chi connectivity index (χ0) is 16.8. The van der Waals surface area contributed by atoms with Crippen molar-refractivity contribution in [2.24, 2.45) is 0 Å². The van der Waals surface area contributed by atoms with E-state index in [-0.39, 0.29) is 12.3 Å². The predicted octanol–water partition coefficient (Wildman–Crippen LogP) is 3.21. The molecule has 0 unspecified atom stereocenters. The number of carbonyl (C=O) groups is 2. The maximum Gasteiger partial charge on any atom is 0.303 e. The summed E-state index contributed by atoms with van der Waals surface area (Å²) in [6.07, 6.45) is 2.68. The zero-order valence-corrected chi connectivity index (χ0v) is 14.7. The Hall–Kier alpha value is -1.57. The number of nitrogens with zero attached hydrogens (tertiary/aromatic N) is 1. The molecule has 0 saturated carbocycles. The first-order chi connectivity index (χ1) is 11.0. The lowest BCUT2D eigenvalue weighted by atomic mass is 10.1. The topological polar surface area (TPSA) is 57.6 Å². The molecule has 1 saturated heterocycles. The molecule has 0 aliphatic carbocycles. The van der Waals surface area contributed by atoms with Crippen LogP contribution in [0.25, 0.3) is 0 Å². The number of hydrogen-bond acceptors (Lipinski definition) is 5. The quantitative estimate of drug-likeness (QED) is 0.591. The standard InChI is InChI=1S/C16H15NO3S3/c18-14(19)7-4-8-17-15(20)13(23-16(17)22)10-12(21)9-11-5-2-1-3-6-11/h1-3,5-6,10H,4,7-9H2,(H,18,19). The molecule has 1 heterocycles. The molecule has 7 heteroatoms. The van der Waals surface area contributed by atoms with Gasteiger partial charge in [-0.15, -0.1) is 0 Å². The number of aliphatic carboxylic acids is 1. The number of hydrogen-bond donors (Lipinski definition) is 1. The van der Waals surface area contributed by atoms with Crippen molar-refractivity contribution in [2.45, 2.75) is 19.3 Å². The maximum atomic E-state index is 12.3. The molecule has 1 N–H and O–H groups in total. The fourth-order valence-electron chi connectivity index (χ4n) is 2.08. The van der Waals surface area contributed by atoms with E-state index >= 15 is 0 Å². The molecule has 1 aliphatic rings. The average Bonchev–Trinajstić information content (AvgIpc) is 2.75. The monoisotopic (exact) mass is 365 g/mol. The highest BCUT2D eigenvalue weighted by Gasteiger charge is 2.31. The van der Waals surface area contributed by atoms with Gasteiger partial charge in [-0.3, -0.25) is 14.5 Å². The number of thiocarbonyl (C=S) groups is 2. The summed E-state index contributed by atoms with van der Waals surface area (Å²) in [5.74, 6) is -1.07. The van der Waals surface area contributed by atoms with Crippen molar-refractivity contribution in [1.82, 2.24) is 4.90 Å². The van der Waals surface area contributed by atoms with Crippen LogP contribution >= 0.6 is 36.2 Å². The summed E-state index contributed by atoms with van der Waals surface area (Å²) < 4.78 is 0.453. The third-order valence-corrected chi connectivity index (χ3v) is 4.80. The summed E-state index contributed by atoms with van der Waals surface area (Å²) in [6.45, 7) is 0.319. The van der Waals surface area contributed by atoms with Crippen LogP contribution in [-0.2, 0) is 16.0 Å². The van der Waals surface area contributed by atoms with Gasteiger partial charge in [0.1, 0.15) is 4.32 Å². The molecule has 120 valence electrons. The highest BCUT2D eigenvalue weighted by molar-refractivity contribution is 8.26. The second-order valence-electron chi connectivity index (χ2n) is 4.96. The minimum Gasteiger partial charge on any atom is -0.481 e. The molecule has 1 aromatic rings. The third kappa shape index (κ3) is 5.23. The van der Waals surface area contributed by atoms with E-state index < -0.39 is 5.97 Å². The van der Waals surface area contributed by atoms with E-state index in [0.29, 0.717) is 33.5 Å². The van der Waals surface area contributed by atoms with Gasteiger partial charge in [0, 0.05) is 24.3 Å². The van der Waals surface area contributed by atoms with Crippen LogP contribution in [-0.4, -0.2) is 37.6 Å². The smallest absolute Gasteiger partial charge is 0.303 e. The molecule has 0 aromatic heterocycles. The number of thioether (sulfide) groups is 1. The van der Waals surface area contributed by atoms with Crippen molar-refractivity contribution in [2.75, 3.05) is 6.54 Å². The van der Waals surface area contributed by atoms with E-state index in [9.17, 15) is 9.59 Å². The molecular formula is C16H15NO3S3. The van der Waals surface area contributed by atoms with Crippen LogP contribution in [0.4, 0.5) is 0 Å². The second kappa shape index (κ2) is 8.33. The Morgan fingerprint density at radius 1 is 1.30 bits per heavy atom. The summed E-state index contributed by atoms with van der Waals surface area (Å²) in [5, 5.41) is 8.66. The Kier molecular flexibility index (Phi) is 6.44. The van der Waals surface area contributed by atoms with Gasteiger partial charge in [0.2, 0.25) is 0 Å². The molecule has 23 heavy (non-hydrogen) atoms. The number of allylic oxidation sites excluding steroid dienone is 1. The maximum absolute atomic E-state index is 12.3. The second-order valence-corrected chi connectivity index (χ2v) is 7.16. The van der Waals surface area contributed by atoms with E-state index in [1.54, 1.807) is 6.08 Å². The van der Waals surface area contributed by atoms with Crippen molar-refractivity contribution < 1.29 is 14.7 Å². The van der Waals surface area contributed by atoms with E-state index in [2.05, 4.69) is 0 Å². The van der Waals surface area contributed by atoms with Gasteiger partial charge in [0.15, 0.2) is 0 Å². The number of amides is 1. The zero-order valence-electron chi connectivity index (χ0n) is 12.2. The molecular weight excluding hydrogens is 350 g/mol. The first kappa shape index (κ1) is 17.8. The minimum atomic E-state index is -0.880. The molecule has 0 atom stereocenters. The van der Waals surface area contributed by atoms with Gasteiger partial charge < -0.3 is 5.11 Å². The number of benzene rings is 1. The Labute approximate surface area is 149 Å². The van der Waals surface area contributed by atoms with Gasteiger partial charge in [-0.1, -0.05) is 66.5 Å². The Bertz CT molecular complexity index is 670. The van der Waals surface area contributed by atoms with Crippen molar-refractivity contribution in [3.8, 4) is 0 Å². The van der Waals surface area contributed by atoms with Gasteiger partial charge >= 0.3 is 5.97 Å². The van der Waals surface area contributed by atoms with Gasteiger partial charge in [0.25, 0.3) is 5.91 Å². The van der Waals surface area contributed by atoms with Crippen LogP contribution in [0.3, 0.4) is 0 Å². The number of carboxylic acid groups (broad SMARTS) is 1. The van der Waals surface area contributed by atoms with Crippen LogP contribution in [0.15, 0.2) is 41.3 Å². The Morgan fingerprint density at radius 2 is 2.00 bits per heavy atom. The Morgan fingerprint density at radius 3 is 2.65 bits per heavy atom. The van der Waals surface area contributed by atoms with Crippen LogP contribution in [0.1, 0.15) is 18.4 Å². The number of carboxylic acids is 1. The first-order valence-electron chi connectivity index (χ1n) is 7.01. The van der Waals surface area contributed by atoms with Crippen molar-refractivity contribution >= 4 is 57.3 Å². The summed E-state index contributed by atoms with van der Waals surface area (Å²) in [5.41, 5.74) is 1.09. The SMILES string of the molecule is O=C(O)CCCN1C(=O)C(=CC(=S)Cc2ccccc2)SC1=S. The average molecular weight is 366 g/mol. The number of carbonyl (C=O) groups excluding carboxylic acids is 1. The summed E-state index contributed by atoms with van der Waals surface area (Å²) in [6, 6.07) is 9.79. The lowest BCUT2D eigenvalue weighted by Crippen LogP contribution is -2.29.